The molecule has 3 N–H and O–H groups in total. The standard InChI is InChI=1S/C12H15N3O2.HI/c13-12(15-9-2-3-9)14-6-8-1-4-10-11(5-8)17-7-16-10;/h1,4-5,9H,2-3,6-7H2,(H3,13,14,15);1H. The lowest BCUT2D eigenvalue weighted by Crippen LogP contribution is -2.33. The number of nitrogens with two attached hydrogens (primary N) is 1. The first-order valence-electron chi connectivity index (χ1n) is 5.76. The van der Waals surface area contributed by atoms with Crippen LogP contribution in [-0.2, 0) is 6.54 Å². The number of benzene rings is 1. The Morgan fingerprint density at radius 1 is 1.33 bits per heavy atom. The normalized spacial score (nSPS) is 17.2. The van der Waals surface area contributed by atoms with Gasteiger partial charge >= 0.3 is 0 Å². The van der Waals surface area contributed by atoms with Crippen molar-refractivity contribution < 1.29 is 9.47 Å². The SMILES string of the molecule is I.NC(=NCc1ccc2c(c1)OCO2)NC1CC1. The summed E-state index contributed by atoms with van der Waals surface area (Å²) in [5.74, 6) is 2.10. The summed E-state index contributed by atoms with van der Waals surface area (Å²) in [6.45, 7) is 0.857. The molecule has 1 aromatic carbocycles. The van der Waals surface area contributed by atoms with Crippen LogP contribution in [0.4, 0.5) is 0 Å². The molecule has 1 fully saturated rings. The van der Waals surface area contributed by atoms with E-state index in [-0.39, 0.29) is 24.0 Å². The fourth-order valence-electron chi connectivity index (χ4n) is 1.70. The average molecular weight is 361 g/mol. The zero-order chi connectivity index (χ0) is 11.7. The van der Waals surface area contributed by atoms with Gasteiger partial charge in [-0.2, -0.15) is 0 Å². The van der Waals surface area contributed by atoms with Gasteiger partial charge in [0, 0.05) is 6.04 Å². The van der Waals surface area contributed by atoms with Crippen molar-refractivity contribution in [3.8, 4) is 11.5 Å². The maximum absolute atomic E-state index is 5.76. The molecule has 0 saturated heterocycles. The van der Waals surface area contributed by atoms with Gasteiger partial charge in [0.2, 0.25) is 6.79 Å². The van der Waals surface area contributed by atoms with Crippen LogP contribution in [0.2, 0.25) is 0 Å². The van der Waals surface area contributed by atoms with Crippen molar-refractivity contribution >= 4 is 29.9 Å². The number of nitrogens with zero attached hydrogens (tertiary/aromatic N) is 1. The van der Waals surface area contributed by atoms with Crippen molar-refractivity contribution in [2.24, 2.45) is 10.7 Å². The molecule has 2 aliphatic rings. The smallest absolute Gasteiger partial charge is 0.231 e. The van der Waals surface area contributed by atoms with E-state index in [2.05, 4.69) is 10.3 Å². The summed E-state index contributed by atoms with van der Waals surface area (Å²) in [6.07, 6.45) is 2.39. The Labute approximate surface area is 123 Å². The molecule has 0 radical (unpaired) electrons. The highest BCUT2D eigenvalue weighted by atomic mass is 127. The van der Waals surface area contributed by atoms with Crippen LogP contribution >= 0.6 is 24.0 Å². The van der Waals surface area contributed by atoms with Gasteiger partial charge in [-0.25, -0.2) is 4.99 Å². The van der Waals surface area contributed by atoms with Crippen LogP contribution in [0, 0.1) is 0 Å². The van der Waals surface area contributed by atoms with Crippen molar-refractivity contribution in [3.05, 3.63) is 23.8 Å². The molecule has 0 unspecified atom stereocenters. The zero-order valence-corrected chi connectivity index (χ0v) is 12.2. The van der Waals surface area contributed by atoms with Crippen molar-refractivity contribution in [1.29, 1.82) is 0 Å². The molecular weight excluding hydrogens is 345 g/mol. The maximum atomic E-state index is 5.76. The monoisotopic (exact) mass is 361 g/mol. The molecule has 0 amide bonds. The summed E-state index contributed by atoms with van der Waals surface area (Å²) in [5, 5.41) is 3.15. The third-order valence-electron chi connectivity index (χ3n) is 2.80. The fraction of sp³-hybridized carbons (Fsp3) is 0.417. The number of nitrogens with one attached hydrogen (secondary N) is 1. The molecule has 0 atom stereocenters. The summed E-state index contributed by atoms with van der Waals surface area (Å²) < 4.78 is 10.5. The second kappa shape index (κ2) is 5.64. The van der Waals surface area contributed by atoms with Crippen LogP contribution in [0.1, 0.15) is 18.4 Å². The fourth-order valence-corrected chi connectivity index (χ4v) is 1.70. The number of halogens is 1. The summed E-state index contributed by atoms with van der Waals surface area (Å²) in [5.41, 5.74) is 6.82. The summed E-state index contributed by atoms with van der Waals surface area (Å²) in [7, 11) is 0. The van der Waals surface area contributed by atoms with E-state index in [1.54, 1.807) is 0 Å². The molecule has 1 aromatic rings. The van der Waals surface area contributed by atoms with Crippen LogP contribution in [0.5, 0.6) is 11.5 Å². The van der Waals surface area contributed by atoms with Gasteiger partial charge in [-0.05, 0) is 30.5 Å². The highest BCUT2D eigenvalue weighted by Gasteiger charge is 2.21. The summed E-state index contributed by atoms with van der Waals surface area (Å²) in [4.78, 5) is 4.29. The number of aliphatic imine (C=N–C) groups is 1. The third-order valence-corrected chi connectivity index (χ3v) is 2.80. The van der Waals surface area contributed by atoms with E-state index in [0.29, 0.717) is 25.3 Å². The Morgan fingerprint density at radius 2 is 2.11 bits per heavy atom. The quantitative estimate of drug-likeness (QED) is 0.488. The van der Waals surface area contributed by atoms with E-state index in [1.165, 1.54) is 12.8 Å². The second-order valence-electron chi connectivity index (χ2n) is 4.31. The Bertz CT molecular complexity index is 461. The Morgan fingerprint density at radius 3 is 2.89 bits per heavy atom. The predicted octanol–water partition coefficient (Wildman–Crippen LogP) is 1.60. The van der Waals surface area contributed by atoms with Crippen LogP contribution in [0.3, 0.4) is 0 Å². The van der Waals surface area contributed by atoms with Crippen LogP contribution in [0.25, 0.3) is 0 Å². The molecule has 1 saturated carbocycles. The van der Waals surface area contributed by atoms with Gasteiger partial charge in [-0.15, -0.1) is 24.0 Å². The molecule has 0 aromatic heterocycles. The molecule has 98 valence electrons. The summed E-state index contributed by atoms with van der Waals surface area (Å²) in [6, 6.07) is 6.35. The van der Waals surface area contributed by atoms with Crippen molar-refractivity contribution in [3.63, 3.8) is 0 Å². The Balaban J connectivity index is 0.00000120. The second-order valence-corrected chi connectivity index (χ2v) is 4.31. The van der Waals surface area contributed by atoms with Gasteiger partial charge in [-0.3, -0.25) is 0 Å². The number of hydrogen-bond acceptors (Lipinski definition) is 3. The van der Waals surface area contributed by atoms with E-state index in [1.807, 2.05) is 18.2 Å². The van der Waals surface area contributed by atoms with Crippen molar-refractivity contribution in [1.82, 2.24) is 5.32 Å². The molecule has 3 rings (SSSR count). The third kappa shape index (κ3) is 3.18. The minimum atomic E-state index is 0. The number of ether oxygens (including phenoxy) is 2. The minimum absolute atomic E-state index is 0. The van der Waals surface area contributed by atoms with Crippen LogP contribution < -0.4 is 20.5 Å². The average Bonchev–Trinajstić information content (AvgIpc) is 3.01. The highest BCUT2D eigenvalue weighted by Crippen LogP contribution is 2.32. The lowest BCUT2D eigenvalue weighted by molar-refractivity contribution is 0.174. The first-order valence-corrected chi connectivity index (χ1v) is 5.76. The maximum Gasteiger partial charge on any atom is 0.231 e. The molecule has 1 aliphatic heterocycles. The Hall–Kier alpha value is -1.18. The van der Waals surface area contributed by atoms with Gasteiger partial charge in [0.15, 0.2) is 17.5 Å². The van der Waals surface area contributed by atoms with Crippen LogP contribution in [-0.4, -0.2) is 18.8 Å². The zero-order valence-electron chi connectivity index (χ0n) is 9.89. The largest absolute Gasteiger partial charge is 0.454 e. The van der Waals surface area contributed by atoms with E-state index < -0.39 is 0 Å². The minimum Gasteiger partial charge on any atom is -0.454 e. The van der Waals surface area contributed by atoms with Gasteiger partial charge in [0.05, 0.1) is 6.54 Å². The summed E-state index contributed by atoms with van der Waals surface area (Å²) >= 11 is 0. The van der Waals surface area contributed by atoms with Gasteiger partial charge in [-0.1, -0.05) is 6.07 Å². The number of fused-ring (bicyclic) bond motifs is 1. The van der Waals surface area contributed by atoms with E-state index in [9.17, 15) is 0 Å². The molecule has 18 heavy (non-hydrogen) atoms. The van der Waals surface area contributed by atoms with Crippen LogP contribution in [0.15, 0.2) is 23.2 Å². The molecular formula is C12H16IN3O2. The Kier molecular flexibility index (Phi) is 4.15. The van der Waals surface area contributed by atoms with Crippen molar-refractivity contribution in [2.75, 3.05) is 6.79 Å². The number of guanidine groups is 1. The lowest BCUT2D eigenvalue weighted by Gasteiger charge is -2.03. The lowest BCUT2D eigenvalue weighted by atomic mass is 10.2. The predicted molar refractivity (Wildman–Crippen MR) is 79.5 cm³/mol. The van der Waals surface area contributed by atoms with E-state index >= 15 is 0 Å². The van der Waals surface area contributed by atoms with Gasteiger partial charge in [0.25, 0.3) is 0 Å². The van der Waals surface area contributed by atoms with E-state index in [0.717, 1.165) is 17.1 Å². The molecule has 0 bridgehead atoms. The first kappa shape index (κ1) is 13.3. The number of hydrogen-bond donors (Lipinski definition) is 2. The van der Waals surface area contributed by atoms with Crippen molar-refractivity contribution in [2.45, 2.75) is 25.4 Å². The highest BCUT2D eigenvalue weighted by molar-refractivity contribution is 14.0. The van der Waals surface area contributed by atoms with E-state index in [4.69, 9.17) is 15.2 Å². The molecule has 1 heterocycles. The topological polar surface area (TPSA) is 68.9 Å². The molecule has 0 spiro atoms. The molecule has 5 nitrogen and oxygen atoms in total. The molecule has 1 aliphatic carbocycles. The number of rotatable bonds is 3. The molecule has 6 heteroatoms. The first-order chi connectivity index (χ1) is 8.31. The van der Waals surface area contributed by atoms with Gasteiger partial charge in [0.1, 0.15) is 0 Å². The van der Waals surface area contributed by atoms with Gasteiger partial charge < -0.3 is 20.5 Å².